The van der Waals surface area contributed by atoms with Gasteiger partial charge in [0.1, 0.15) is 29.9 Å². The topological polar surface area (TPSA) is 84.9 Å². The summed E-state index contributed by atoms with van der Waals surface area (Å²) < 4.78 is 37.5. The van der Waals surface area contributed by atoms with Crippen molar-refractivity contribution >= 4 is 21.6 Å². The number of carbonyl (C=O) groups excluding carboxylic acids is 1. The molecule has 0 fully saturated rings. The third-order valence-electron chi connectivity index (χ3n) is 5.16. The zero-order valence-corrected chi connectivity index (χ0v) is 20.4. The lowest BCUT2D eigenvalue weighted by Gasteiger charge is -2.28. The maximum atomic E-state index is 12.7. The first-order valence-corrected chi connectivity index (χ1v) is 12.9. The molecule has 0 bridgehead atoms. The van der Waals surface area contributed by atoms with Crippen molar-refractivity contribution in [3.05, 3.63) is 84.4 Å². The molecule has 0 aromatic heterocycles. The Hall–Kier alpha value is -3.52. The number of rotatable bonds is 11. The fraction of sp³-hybridized carbons (Fsp3) is 0.269. The number of aryl methyl sites for hydroxylation is 1. The van der Waals surface area contributed by atoms with Gasteiger partial charge in [0.05, 0.1) is 18.5 Å². The third kappa shape index (κ3) is 6.99. The molecule has 1 amide bonds. The summed E-state index contributed by atoms with van der Waals surface area (Å²) in [7, 11) is -3.71. The Bertz CT molecular complexity index is 1160. The molecule has 34 heavy (non-hydrogen) atoms. The molecule has 8 heteroatoms. The van der Waals surface area contributed by atoms with Crippen LogP contribution < -0.4 is 19.1 Å². The summed E-state index contributed by atoms with van der Waals surface area (Å²) in [6.07, 6.45) is 2.03. The SMILES string of the molecule is CCc1ccc(OCCNC(=O)C(C)N(c2ccc(Oc3ccccc3)cc2)S(C)(=O)=O)cc1. The van der Waals surface area contributed by atoms with Crippen molar-refractivity contribution in [2.45, 2.75) is 26.3 Å². The number of ether oxygens (including phenoxy) is 2. The number of nitrogens with one attached hydrogen (secondary N) is 1. The van der Waals surface area contributed by atoms with Crippen LogP contribution in [0.5, 0.6) is 17.2 Å². The first kappa shape index (κ1) is 25.1. The highest BCUT2D eigenvalue weighted by Gasteiger charge is 2.29. The van der Waals surface area contributed by atoms with E-state index in [2.05, 4.69) is 12.2 Å². The van der Waals surface area contributed by atoms with Crippen molar-refractivity contribution in [1.29, 1.82) is 0 Å². The lowest BCUT2D eigenvalue weighted by molar-refractivity contribution is -0.121. The van der Waals surface area contributed by atoms with E-state index >= 15 is 0 Å². The minimum absolute atomic E-state index is 0.250. The zero-order chi connectivity index (χ0) is 24.6. The average molecular weight is 483 g/mol. The number of sulfonamides is 1. The van der Waals surface area contributed by atoms with Gasteiger partial charge in [-0.05, 0) is 67.4 Å². The van der Waals surface area contributed by atoms with Crippen LogP contribution >= 0.6 is 0 Å². The second-order valence-electron chi connectivity index (χ2n) is 7.78. The Labute approximate surface area is 201 Å². The molecule has 0 spiro atoms. The van der Waals surface area contributed by atoms with Crippen LogP contribution in [-0.2, 0) is 21.2 Å². The molecule has 0 heterocycles. The van der Waals surface area contributed by atoms with Crippen LogP contribution in [0.1, 0.15) is 19.4 Å². The van der Waals surface area contributed by atoms with Gasteiger partial charge in [0.15, 0.2) is 0 Å². The largest absolute Gasteiger partial charge is 0.492 e. The van der Waals surface area contributed by atoms with Crippen LogP contribution in [0.3, 0.4) is 0 Å². The molecule has 1 N–H and O–H groups in total. The molecule has 0 aliphatic rings. The van der Waals surface area contributed by atoms with Crippen LogP contribution in [0, 0.1) is 0 Å². The van der Waals surface area contributed by atoms with Gasteiger partial charge in [0.25, 0.3) is 0 Å². The van der Waals surface area contributed by atoms with E-state index in [0.29, 0.717) is 17.2 Å². The maximum Gasteiger partial charge on any atom is 0.243 e. The van der Waals surface area contributed by atoms with Crippen LogP contribution in [0.25, 0.3) is 0 Å². The number of anilines is 1. The molecular weight excluding hydrogens is 452 g/mol. The zero-order valence-electron chi connectivity index (χ0n) is 19.6. The van der Waals surface area contributed by atoms with Crippen molar-refractivity contribution in [3.63, 3.8) is 0 Å². The molecule has 0 aliphatic carbocycles. The fourth-order valence-corrected chi connectivity index (χ4v) is 4.58. The highest BCUT2D eigenvalue weighted by molar-refractivity contribution is 7.92. The highest BCUT2D eigenvalue weighted by Crippen LogP contribution is 2.27. The Morgan fingerprint density at radius 1 is 0.912 bits per heavy atom. The minimum Gasteiger partial charge on any atom is -0.492 e. The van der Waals surface area contributed by atoms with E-state index in [-0.39, 0.29) is 13.2 Å². The normalized spacial score (nSPS) is 12.0. The summed E-state index contributed by atoms with van der Waals surface area (Å²) >= 11 is 0. The summed E-state index contributed by atoms with van der Waals surface area (Å²) in [5.41, 5.74) is 1.59. The van der Waals surface area contributed by atoms with E-state index in [9.17, 15) is 13.2 Å². The van der Waals surface area contributed by atoms with Gasteiger partial charge in [0.2, 0.25) is 15.9 Å². The van der Waals surface area contributed by atoms with Gasteiger partial charge in [0, 0.05) is 0 Å². The second-order valence-corrected chi connectivity index (χ2v) is 9.64. The standard InChI is InChI=1S/C26H30N2O5S/c1-4-21-10-14-23(15-11-21)32-19-18-27-26(29)20(2)28(34(3,30)31)22-12-16-25(17-13-22)33-24-8-6-5-7-9-24/h5-17,20H,4,18-19H2,1-3H3,(H,27,29). The highest BCUT2D eigenvalue weighted by atomic mass is 32.2. The van der Waals surface area contributed by atoms with Crippen LogP contribution in [0.4, 0.5) is 5.69 Å². The van der Waals surface area contributed by atoms with Crippen molar-refractivity contribution in [1.82, 2.24) is 5.32 Å². The van der Waals surface area contributed by atoms with E-state index in [0.717, 1.165) is 22.7 Å². The number of amides is 1. The minimum atomic E-state index is -3.71. The van der Waals surface area contributed by atoms with Gasteiger partial charge in [-0.25, -0.2) is 8.42 Å². The van der Waals surface area contributed by atoms with Gasteiger partial charge in [-0.2, -0.15) is 0 Å². The van der Waals surface area contributed by atoms with E-state index in [1.807, 2.05) is 54.6 Å². The van der Waals surface area contributed by atoms with Gasteiger partial charge >= 0.3 is 0 Å². The predicted octanol–water partition coefficient (Wildman–Crippen LogP) is 4.39. The maximum absolute atomic E-state index is 12.7. The van der Waals surface area contributed by atoms with Crippen molar-refractivity contribution in [3.8, 4) is 17.2 Å². The van der Waals surface area contributed by atoms with Crippen LogP contribution in [0.2, 0.25) is 0 Å². The molecule has 3 aromatic carbocycles. The van der Waals surface area contributed by atoms with Crippen molar-refractivity contribution < 1.29 is 22.7 Å². The number of nitrogens with zero attached hydrogens (tertiary/aromatic N) is 1. The lowest BCUT2D eigenvalue weighted by Crippen LogP contribution is -2.48. The van der Waals surface area contributed by atoms with E-state index < -0.39 is 22.0 Å². The smallest absolute Gasteiger partial charge is 0.243 e. The van der Waals surface area contributed by atoms with Crippen molar-refractivity contribution in [2.75, 3.05) is 23.7 Å². The van der Waals surface area contributed by atoms with Gasteiger partial charge in [-0.15, -0.1) is 0 Å². The van der Waals surface area contributed by atoms with Crippen LogP contribution in [-0.4, -0.2) is 39.8 Å². The molecule has 1 unspecified atom stereocenters. The van der Waals surface area contributed by atoms with Gasteiger partial charge in [-0.1, -0.05) is 37.3 Å². The van der Waals surface area contributed by atoms with E-state index in [4.69, 9.17) is 9.47 Å². The molecule has 0 aliphatic heterocycles. The van der Waals surface area contributed by atoms with E-state index in [1.165, 1.54) is 5.56 Å². The van der Waals surface area contributed by atoms with E-state index in [1.54, 1.807) is 31.2 Å². The molecule has 0 saturated carbocycles. The Morgan fingerprint density at radius 2 is 1.50 bits per heavy atom. The summed E-state index contributed by atoms with van der Waals surface area (Å²) in [4.78, 5) is 12.7. The fourth-order valence-electron chi connectivity index (χ4n) is 3.41. The van der Waals surface area contributed by atoms with Gasteiger partial charge < -0.3 is 14.8 Å². The predicted molar refractivity (Wildman–Crippen MR) is 134 cm³/mol. The molecular formula is C26H30N2O5S. The quantitative estimate of drug-likeness (QED) is 0.410. The second kappa shape index (κ2) is 11.6. The number of para-hydroxylation sites is 1. The lowest BCUT2D eigenvalue weighted by atomic mass is 10.2. The monoisotopic (exact) mass is 482 g/mol. The summed E-state index contributed by atoms with van der Waals surface area (Å²) in [6.45, 7) is 4.16. The summed E-state index contributed by atoms with van der Waals surface area (Å²) in [6, 6.07) is 22.7. The van der Waals surface area contributed by atoms with Crippen molar-refractivity contribution in [2.24, 2.45) is 0 Å². The third-order valence-corrected chi connectivity index (χ3v) is 6.40. The summed E-state index contributed by atoms with van der Waals surface area (Å²) in [5, 5.41) is 2.75. The molecule has 180 valence electrons. The van der Waals surface area contributed by atoms with Crippen LogP contribution in [0.15, 0.2) is 78.9 Å². The summed E-state index contributed by atoms with van der Waals surface area (Å²) in [5.74, 6) is 1.53. The number of benzene rings is 3. The average Bonchev–Trinajstić information content (AvgIpc) is 2.83. The molecule has 0 radical (unpaired) electrons. The molecule has 3 rings (SSSR count). The number of hydrogen-bond acceptors (Lipinski definition) is 5. The molecule has 7 nitrogen and oxygen atoms in total. The Balaban J connectivity index is 1.59. The first-order valence-electron chi connectivity index (χ1n) is 11.1. The Morgan fingerprint density at radius 3 is 2.09 bits per heavy atom. The first-order chi connectivity index (χ1) is 16.3. The van der Waals surface area contributed by atoms with Gasteiger partial charge in [-0.3, -0.25) is 9.10 Å². The number of hydrogen-bond donors (Lipinski definition) is 1. The molecule has 1 atom stereocenters. The number of carbonyl (C=O) groups is 1. The molecule has 0 saturated heterocycles. The Kier molecular flexibility index (Phi) is 8.54. The molecule has 3 aromatic rings.